The molecule has 1 unspecified atom stereocenters. The predicted molar refractivity (Wildman–Crippen MR) is 79.5 cm³/mol. The maximum Gasteiger partial charge on any atom is 0.321 e. The molecule has 5 nitrogen and oxygen atoms in total. The van der Waals surface area contributed by atoms with Crippen LogP contribution in [0.15, 0.2) is 12.1 Å². The third-order valence-corrected chi connectivity index (χ3v) is 3.42. The first-order valence-corrected chi connectivity index (χ1v) is 6.95. The summed E-state index contributed by atoms with van der Waals surface area (Å²) in [6.07, 6.45) is 0. The Bertz CT molecular complexity index is 531. The Hall–Kier alpha value is -1.53. The molecule has 0 bridgehead atoms. The standard InChI is InChI=1S/C13H15Cl2FN2O3/c1-3-18(6-7(2)12(19)20)13(21)17-11-9(14)4-8(16)5-10(11)15/h4-5,7H,3,6H2,1-2H3,(H,17,21)(H,19,20). The van der Waals surface area contributed by atoms with E-state index in [9.17, 15) is 14.0 Å². The van der Waals surface area contributed by atoms with Gasteiger partial charge in [0.05, 0.1) is 21.7 Å². The van der Waals surface area contributed by atoms with Crippen LogP contribution in [0.25, 0.3) is 0 Å². The van der Waals surface area contributed by atoms with Gasteiger partial charge in [0.25, 0.3) is 0 Å². The number of carbonyl (C=O) groups excluding carboxylic acids is 1. The Balaban J connectivity index is 2.86. The second-order valence-electron chi connectivity index (χ2n) is 4.45. The van der Waals surface area contributed by atoms with Crippen molar-refractivity contribution in [2.24, 2.45) is 5.92 Å². The molecule has 2 amide bonds. The van der Waals surface area contributed by atoms with Crippen molar-refractivity contribution in [3.63, 3.8) is 0 Å². The van der Waals surface area contributed by atoms with Gasteiger partial charge in [0.1, 0.15) is 5.82 Å². The summed E-state index contributed by atoms with van der Waals surface area (Å²) in [6.45, 7) is 3.55. The maximum atomic E-state index is 13.1. The fourth-order valence-electron chi connectivity index (χ4n) is 1.61. The van der Waals surface area contributed by atoms with Crippen LogP contribution >= 0.6 is 23.2 Å². The summed E-state index contributed by atoms with van der Waals surface area (Å²) in [6, 6.07) is 1.50. The van der Waals surface area contributed by atoms with Gasteiger partial charge < -0.3 is 15.3 Å². The van der Waals surface area contributed by atoms with Crippen LogP contribution in [-0.4, -0.2) is 35.1 Å². The molecular formula is C13H15Cl2FN2O3. The Labute approximate surface area is 131 Å². The van der Waals surface area contributed by atoms with E-state index in [1.165, 1.54) is 11.8 Å². The van der Waals surface area contributed by atoms with Gasteiger partial charge in [0.2, 0.25) is 0 Å². The molecule has 0 spiro atoms. The van der Waals surface area contributed by atoms with Crippen LogP contribution in [0, 0.1) is 11.7 Å². The highest BCUT2D eigenvalue weighted by atomic mass is 35.5. The van der Waals surface area contributed by atoms with E-state index in [1.807, 2.05) is 0 Å². The number of carbonyl (C=O) groups is 2. The quantitative estimate of drug-likeness (QED) is 0.861. The number of anilines is 1. The SMILES string of the molecule is CCN(CC(C)C(=O)O)C(=O)Nc1c(Cl)cc(F)cc1Cl. The van der Waals surface area contributed by atoms with Crippen LogP contribution in [0.1, 0.15) is 13.8 Å². The van der Waals surface area contributed by atoms with E-state index >= 15 is 0 Å². The second-order valence-corrected chi connectivity index (χ2v) is 5.27. The number of benzene rings is 1. The highest BCUT2D eigenvalue weighted by Crippen LogP contribution is 2.31. The molecule has 0 saturated heterocycles. The van der Waals surface area contributed by atoms with E-state index in [-0.39, 0.29) is 22.3 Å². The number of amides is 2. The molecule has 1 atom stereocenters. The van der Waals surface area contributed by atoms with E-state index in [0.29, 0.717) is 6.54 Å². The fraction of sp³-hybridized carbons (Fsp3) is 0.385. The molecule has 0 aliphatic heterocycles. The number of rotatable bonds is 5. The Kier molecular flexibility index (Phi) is 6.23. The van der Waals surface area contributed by atoms with Crippen LogP contribution in [0.5, 0.6) is 0 Å². The molecule has 1 rings (SSSR count). The molecule has 0 saturated carbocycles. The molecule has 0 fully saturated rings. The molecule has 1 aromatic rings. The summed E-state index contributed by atoms with van der Waals surface area (Å²) in [4.78, 5) is 24.2. The molecule has 1 aromatic carbocycles. The van der Waals surface area contributed by atoms with Gasteiger partial charge in [-0.1, -0.05) is 30.1 Å². The smallest absolute Gasteiger partial charge is 0.321 e. The maximum absolute atomic E-state index is 13.1. The van der Waals surface area contributed by atoms with Crippen molar-refractivity contribution in [1.82, 2.24) is 4.90 Å². The molecule has 2 N–H and O–H groups in total. The third-order valence-electron chi connectivity index (χ3n) is 2.82. The van der Waals surface area contributed by atoms with Gasteiger partial charge in [-0.15, -0.1) is 0 Å². The molecule has 21 heavy (non-hydrogen) atoms. The molecule has 0 aliphatic rings. The van der Waals surface area contributed by atoms with Crippen molar-refractivity contribution in [3.8, 4) is 0 Å². The van der Waals surface area contributed by atoms with E-state index in [1.54, 1.807) is 6.92 Å². The topological polar surface area (TPSA) is 69.6 Å². The summed E-state index contributed by atoms with van der Waals surface area (Å²) in [5.74, 6) is -2.33. The first-order chi connectivity index (χ1) is 9.76. The first-order valence-electron chi connectivity index (χ1n) is 6.19. The minimum absolute atomic E-state index is 0.0318. The number of carboxylic acids is 1. The van der Waals surface area contributed by atoms with E-state index in [0.717, 1.165) is 12.1 Å². The van der Waals surface area contributed by atoms with E-state index in [4.69, 9.17) is 28.3 Å². The van der Waals surface area contributed by atoms with Crippen molar-refractivity contribution >= 4 is 40.9 Å². The lowest BCUT2D eigenvalue weighted by molar-refractivity contribution is -0.141. The highest BCUT2D eigenvalue weighted by Gasteiger charge is 2.21. The van der Waals surface area contributed by atoms with E-state index in [2.05, 4.69) is 5.32 Å². The van der Waals surface area contributed by atoms with Crippen molar-refractivity contribution in [2.45, 2.75) is 13.8 Å². The molecular weight excluding hydrogens is 322 g/mol. The summed E-state index contributed by atoms with van der Waals surface area (Å²) in [5.41, 5.74) is 0.0890. The summed E-state index contributed by atoms with van der Waals surface area (Å²) in [7, 11) is 0. The summed E-state index contributed by atoms with van der Waals surface area (Å²) in [5, 5.41) is 11.3. The number of nitrogens with one attached hydrogen (secondary N) is 1. The van der Waals surface area contributed by atoms with Crippen molar-refractivity contribution in [2.75, 3.05) is 18.4 Å². The number of nitrogens with zero attached hydrogens (tertiary/aromatic N) is 1. The van der Waals surface area contributed by atoms with Crippen molar-refractivity contribution in [1.29, 1.82) is 0 Å². The Morgan fingerprint density at radius 3 is 2.33 bits per heavy atom. The number of aliphatic carboxylic acids is 1. The van der Waals surface area contributed by atoms with Gasteiger partial charge in [-0.05, 0) is 19.1 Å². The lowest BCUT2D eigenvalue weighted by Gasteiger charge is -2.23. The Morgan fingerprint density at radius 2 is 1.90 bits per heavy atom. The summed E-state index contributed by atoms with van der Waals surface area (Å²) < 4.78 is 13.1. The van der Waals surface area contributed by atoms with Crippen LogP contribution in [0.4, 0.5) is 14.9 Å². The number of hydrogen-bond acceptors (Lipinski definition) is 2. The van der Waals surface area contributed by atoms with Gasteiger partial charge in [-0.3, -0.25) is 4.79 Å². The van der Waals surface area contributed by atoms with Crippen LogP contribution in [0.2, 0.25) is 10.0 Å². The monoisotopic (exact) mass is 336 g/mol. The number of halogens is 3. The lowest BCUT2D eigenvalue weighted by atomic mass is 10.2. The zero-order chi connectivity index (χ0) is 16.2. The molecule has 0 heterocycles. The zero-order valence-corrected chi connectivity index (χ0v) is 13.0. The van der Waals surface area contributed by atoms with Crippen molar-refractivity contribution in [3.05, 3.63) is 28.0 Å². The van der Waals surface area contributed by atoms with Gasteiger partial charge in [0.15, 0.2) is 0 Å². The fourth-order valence-corrected chi connectivity index (χ4v) is 2.17. The second kappa shape index (κ2) is 7.47. The minimum Gasteiger partial charge on any atom is -0.481 e. The van der Waals surface area contributed by atoms with Crippen LogP contribution < -0.4 is 5.32 Å². The first kappa shape index (κ1) is 17.5. The van der Waals surface area contributed by atoms with Crippen LogP contribution in [0.3, 0.4) is 0 Å². The van der Waals surface area contributed by atoms with Gasteiger partial charge in [-0.2, -0.15) is 0 Å². The third kappa shape index (κ3) is 4.75. The van der Waals surface area contributed by atoms with E-state index < -0.39 is 23.7 Å². The lowest BCUT2D eigenvalue weighted by Crippen LogP contribution is -2.39. The molecule has 116 valence electrons. The zero-order valence-electron chi connectivity index (χ0n) is 11.5. The average Bonchev–Trinajstić information content (AvgIpc) is 2.39. The predicted octanol–water partition coefficient (Wildman–Crippen LogP) is 3.71. The van der Waals surface area contributed by atoms with Gasteiger partial charge >= 0.3 is 12.0 Å². The molecule has 0 radical (unpaired) electrons. The Morgan fingerprint density at radius 1 is 1.38 bits per heavy atom. The molecule has 8 heteroatoms. The average molecular weight is 337 g/mol. The van der Waals surface area contributed by atoms with Crippen LogP contribution in [-0.2, 0) is 4.79 Å². The van der Waals surface area contributed by atoms with Gasteiger partial charge in [-0.25, -0.2) is 9.18 Å². The largest absolute Gasteiger partial charge is 0.481 e. The van der Waals surface area contributed by atoms with Gasteiger partial charge in [0, 0.05) is 13.1 Å². The van der Waals surface area contributed by atoms with Crippen molar-refractivity contribution < 1.29 is 19.1 Å². The normalized spacial score (nSPS) is 11.9. The minimum atomic E-state index is -1.00. The summed E-state index contributed by atoms with van der Waals surface area (Å²) >= 11 is 11.7. The molecule has 0 aromatic heterocycles. The number of hydrogen-bond donors (Lipinski definition) is 2. The molecule has 0 aliphatic carbocycles. The number of carboxylic acid groups (broad SMARTS) is 1. The number of urea groups is 1. The highest BCUT2D eigenvalue weighted by molar-refractivity contribution is 6.39.